The van der Waals surface area contributed by atoms with E-state index in [0.29, 0.717) is 13.0 Å². The van der Waals surface area contributed by atoms with Crippen LogP contribution in [0.4, 0.5) is 0 Å². The van der Waals surface area contributed by atoms with Crippen molar-refractivity contribution in [1.82, 2.24) is 15.6 Å². The second-order valence-corrected chi connectivity index (χ2v) is 4.83. The van der Waals surface area contributed by atoms with Crippen molar-refractivity contribution in [3.8, 4) is 0 Å². The topological polar surface area (TPSA) is 87.5 Å². The Morgan fingerprint density at radius 3 is 2.88 bits per heavy atom. The van der Waals surface area contributed by atoms with Crippen LogP contribution >= 0.6 is 0 Å². The first-order chi connectivity index (χ1) is 7.98. The molecular weight excluding hydrogens is 220 g/mol. The Morgan fingerprint density at radius 2 is 2.24 bits per heavy atom. The normalized spacial score (nSPS) is 19.8. The first-order valence-electron chi connectivity index (χ1n) is 6.01. The molecule has 0 saturated carbocycles. The fourth-order valence-corrected chi connectivity index (χ4v) is 2.00. The van der Waals surface area contributed by atoms with E-state index < -0.39 is 5.54 Å². The summed E-state index contributed by atoms with van der Waals surface area (Å²) in [5.41, 5.74) is 1.66. The third-order valence-corrected chi connectivity index (χ3v) is 3.26. The van der Waals surface area contributed by atoms with E-state index in [1.165, 1.54) is 0 Å². The SMILES string of the molecule is CC1(C)C(=O)NCCN1CCCCC(=O)NN. The molecule has 1 aliphatic rings. The molecule has 0 unspecified atom stereocenters. The summed E-state index contributed by atoms with van der Waals surface area (Å²) < 4.78 is 0. The molecule has 1 rings (SSSR count). The van der Waals surface area contributed by atoms with Gasteiger partial charge in [0.1, 0.15) is 0 Å². The largest absolute Gasteiger partial charge is 0.353 e. The third-order valence-electron chi connectivity index (χ3n) is 3.26. The van der Waals surface area contributed by atoms with Crippen LogP contribution in [0, 0.1) is 0 Å². The number of carbonyl (C=O) groups is 2. The van der Waals surface area contributed by atoms with Crippen LogP contribution in [-0.4, -0.2) is 41.9 Å². The molecular formula is C11H22N4O2. The maximum absolute atomic E-state index is 11.7. The number of nitrogens with two attached hydrogens (primary N) is 1. The summed E-state index contributed by atoms with van der Waals surface area (Å²) in [6, 6.07) is 0. The number of hydrogen-bond acceptors (Lipinski definition) is 4. The van der Waals surface area contributed by atoms with Gasteiger partial charge in [-0.25, -0.2) is 5.84 Å². The molecule has 0 bridgehead atoms. The van der Waals surface area contributed by atoms with Crippen LogP contribution in [0.5, 0.6) is 0 Å². The smallest absolute Gasteiger partial charge is 0.239 e. The maximum Gasteiger partial charge on any atom is 0.239 e. The molecule has 1 fully saturated rings. The summed E-state index contributed by atoms with van der Waals surface area (Å²) in [5.74, 6) is 4.93. The number of hydrogen-bond donors (Lipinski definition) is 3. The van der Waals surface area contributed by atoms with Crippen molar-refractivity contribution in [3.05, 3.63) is 0 Å². The molecule has 0 aromatic heterocycles. The Labute approximate surface area is 102 Å². The number of carbonyl (C=O) groups excluding carboxylic acids is 2. The van der Waals surface area contributed by atoms with Crippen molar-refractivity contribution >= 4 is 11.8 Å². The summed E-state index contributed by atoms with van der Waals surface area (Å²) in [6.07, 6.45) is 2.12. The van der Waals surface area contributed by atoms with Crippen LogP contribution in [-0.2, 0) is 9.59 Å². The van der Waals surface area contributed by atoms with Crippen LogP contribution in [0.3, 0.4) is 0 Å². The van der Waals surface area contributed by atoms with Crippen LogP contribution < -0.4 is 16.6 Å². The molecule has 0 aliphatic carbocycles. The highest BCUT2D eigenvalue weighted by molar-refractivity contribution is 5.86. The van der Waals surface area contributed by atoms with Crippen molar-refractivity contribution < 1.29 is 9.59 Å². The Bertz CT molecular complexity index is 291. The highest BCUT2D eigenvalue weighted by atomic mass is 16.2. The Balaban J connectivity index is 2.31. The summed E-state index contributed by atoms with van der Waals surface area (Å²) in [6.45, 7) is 6.24. The number of nitrogens with zero attached hydrogens (tertiary/aromatic N) is 1. The van der Waals surface area contributed by atoms with E-state index in [-0.39, 0.29) is 11.8 Å². The highest BCUT2D eigenvalue weighted by Crippen LogP contribution is 2.18. The van der Waals surface area contributed by atoms with E-state index in [0.717, 1.165) is 25.9 Å². The van der Waals surface area contributed by atoms with Gasteiger partial charge in [0.2, 0.25) is 11.8 Å². The molecule has 0 atom stereocenters. The van der Waals surface area contributed by atoms with Gasteiger partial charge in [0.25, 0.3) is 0 Å². The average Bonchev–Trinajstić information content (AvgIpc) is 2.29. The Hall–Kier alpha value is -1.14. The quantitative estimate of drug-likeness (QED) is 0.259. The van der Waals surface area contributed by atoms with E-state index in [2.05, 4.69) is 15.6 Å². The fraction of sp³-hybridized carbons (Fsp3) is 0.818. The van der Waals surface area contributed by atoms with Gasteiger partial charge in [-0.1, -0.05) is 0 Å². The minimum Gasteiger partial charge on any atom is -0.353 e. The molecule has 0 aromatic rings. The summed E-state index contributed by atoms with van der Waals surface area (Å²) >= 11 is 0. The van der Waals surface area contributed by atoms with E-state index >= 15 is 0 Å². The molecule has 1 saturated heterocycles. The lowest BCUT2D eigenvalue weighted by Gasteiger charge is -2.41. The first kappa shape index (κ1) is 13.9. The first-order valence-corrected chi connectivity index (χ1v) is 6.01. The predicted molar refractivity (Wildman–Crippen MR) is 64.8 cm³/mol. The van der Waals surface area contributed by atoms with Gasteiger partial charge in [0, 0.05) is 19.5 Å². The standard InChI is InChI=1S/C11H22N4O2/c1-11(2)10(17)13-6-8-15(11)7-4-3-5-9(16)14-12/h3-8,12H2,1-2H3,(H,13,17)(H,14,16). The summed E-state index contributed by atoms with van der Waals surface area (Å²) in [4.78, 5) is 24.8. The van der Waals surface area contributed by atoms with Gasteiger partial charge in [-0.15, -0.1) is 0 Å². The number of hydrazine groups is 1. The van der Waals surface area contributed by atoms with Crippen LogP contribution in [0.1, 0.15) is 33.1 Å². The van der Waals surface area contributed by atoms with Gasteiger partial charge in [0.05, 0.1) is 5.54 Å². The van der Waals surface area contributed by atoms with Crippen molar-refractivity contribution in [2.45, 2.75) is 38.6 Å². The molecule has 17 heavy (non-hydrogen) atoms. The lowest BCUT2D eigenvalue weighted by molar-refractivity contribution is -0.135. The van der Waals surface area contributed by atoms with Crippen molar-refractivity contribution in [3.63, 3.8) is 0 Å². The zero-order chi connectivity index (χ0) is 12.9. The molecule has 1 aliphatic heterocycles. The average molecular weight is 242 g/mol. The second kappa shape index (κ2) is 5.97. The minimum atomic E-state index is -0.450. The van der Waals surface area contributed by atoms with Crippen LogP contribution in [0.15, 0.2) is 0 Å². The molecule has 0 aromatic carbocycles. The number of piperazine rings is 1. The van der Waals surface area contributed by atoms with Crippen LogP contribution in [0.25, 0.3) is 0 Å². The molecule has 4 N–H and O–H groups in total. The zero-order valence-electron chi connectivity index (χ0n) is 10.6. The monoisotopic (exact) mass is 242 g/mol. The molecule has 98 valence electrons. The summed E-state index contributed by atoms with van der Waals surface area (Å²) in [5, 5.41) is 2.86. The predicted octanol–water partition coefficient (Wildman–Crippen LogP) is -0.643. The zero-order valence-corrected chi connectivity index (χ0v) is 10.6. The van der Waals surface area contributed by atoms with Gasteiger partial charge < -0.3 is 5.32 Å². The molecule has 0 spiro atoms. The van der Waals surface area contributed by atoms with E-state index in [1.807, 2.05) is 13.8 Å². The van der Waals surface area contributed by atoms with Crippen molar-refractivity contribution in [1.29, 1.82) is 0 Å². The lowest BCUT2D eigenvalue weighted by Crippen LogP contribution is -2.61. The molecule has 1 heterocycles. The fourth-order valence-electron chi connectivity index (χ4n) is 2.00. The lowest BCUT2D eigenvalue weighted by atomic mass is 9.98. The maximum atomic E-state index is 11.7. The molecule has 0 radical (unpaired) electrons. The molecule has 6 nitrogen and oxygen atoms in total. The molecule has 2 amide bonds. The number of rotatable bonds is 5. The van der Waals surface area contributed by atoms with E-state index in [4.69, 9.17) is 5.84 Å². The number of nitrogens with one attached hydrogen (secondary N) is 2. The number of amides is 2. The van der Waals surface area contributed by atoms with Crippen molar-refractivity contribution in [2.75, 3.05) is 19.6 Å². The summed E-state index contributed by atoms with van der Waals surface area (Å²) in [7, 11) is 0. The van der Waals surface area contributed by atoms with Crippen LogP contribution in [0.2, 0.25) is 0 Å². The third kappa shape index (κ3) is 3.67. The van der Waals surface area contributed by atoms with E-state index in [1.54, 1.807) is 0 Å². The molecule has 6 heteroatoms. The Morgan fingerprint density at radius 1 is 1.53 bits per heavy atom. The van der Waals surface area contributed by atoms with Gasteiger partial charge in [-0.05, 0) is 33.2 Å². The second-order valence-electron chi connectivity index (χ2n) is 4.83. The number of unbranched alkanes of at least 4 members (excludes halogenated alkanes) is 1. The van der Waals surface area contributed by atoms with Gasteiger partial charge in [-0.3, -0.25) is 19.9 Å². The van der Waals surface area contributed by atoms with Crippen molar-refractivity contribution in [2.24, 2.45) is 5.84 Å². The Kier molecular flexibility index (Phi) is 4.89. The van der Waals surface area contributed by atoms with Gasteiger partial charge >= 0.3 is 0 Å². The van der Waals surface area contributed by atoms with E-state index in [9.17, 15) is 9.59 Å². The minimum absolute atomic E-state index is 0.0726. The highest BCUT2D eigenvalue weighted by Gasteiger charge is 2.36. The van der Waals surface area contributed by atoms with Gasteiger partial charge in [0.15, 0.2) is 0 Å². The van der Waals surface area contributed by atoms with Gasteiger partial charge in [-0.2, -0.15) is 0 Å².